The molecule has 3 N–H and O–H groups in total. The van der Waals surface area contributed by atoms with Gasteiger partial charge in [0.1, 0.15) is 6.04 Å². The molecule has 90 valence electrons. The van der Waals surface area contributed by atoms with Crippen molar-refractivity contribution in [2.75, 3.05) is 19.6 Å². The fourth-order valence-corrected chi connectivity index (χ4v) is 2.65. The second-order valence-corrected chi connectivity index (χ2v) is 5.05. The maximum absolute atomic E-state index is 12.4. The number of hydrogen-bond donors (Lipinski definition) is 2. The van der Waals surface area contributed by atoms with E-state index in [9.17, 15) is 9.59 Å². The van der Waals surface area contributed by atoms with Crippen LogP contribution in [0.3, 0.4) is 0 Å². The Labute approximate surface area is 95.3 Å². The van der Waals surface area contributed by atoms with Gasteiger partial charge in [-0.3, -0.25) is 9.59 Å². The van der Waals surface area contributed by atoms with Gasteiger partial charge in [0.25, 0.3) is 0 Å². The Bertz CT molecular complexity index is 310. The maximum atomic E-state index is 12.4. The molecule has 0 aromatic rings. The summed E-state index contributed by atoms with van der Waals surface area (Å²) in [6.45, 7) is 4.21. The highest BCUT2D eigenvalue weighted by Crippen LogP contribution is 2.30. The average Bonchev–Trinajstić information content (AvgIpc) is 2.85. The molecule has 0 aromatic carbocycles. The van der Waals surface area contributed by atoms with Crippen LogP contribution in [0.4, 0.5) is 0 Å². The van der Waals surface area contributed by atoms with Crippen molar-refractivity contribution >= 4 is 11.8 Å². The minimum atomic E-state index is -0.384. The van der Waals surface area contributed by atoms with Gasteiger partial charge in [0, 0.05) is 13.1 Å². The summed E-state index contributed by atoms with van der Waals surface area (Å²) in [6, 6.07) is -0.384. The summed E-state index contributed by atoms with van der Waals surface area (Å²) in [6.07, 6.45) is 2.43. The van der Waals surface area contributed by atoms with Gasteiger partial charge in [-0.15, -0.1) is 0 Å². The first-order chi connectivity index (χ1) is 7.54. The lowest BCUT2D eigenvalue weighted by Gasteiger charge is -2.31. The molecule has 5 heteroatoms. The predicted octanol–water partition coefficient (Wildman–Crippen LogP) is -0.538. The summed E-state index contributed by atoms with van der Waals surface area (Å²) in [5.41, 5.74) is 4.97. The van der Waals surface area contributed by atoms with Crippen LogP contribution in [-0.4, -0.2) is 42.4 Å². The van der Waals surface area contributed by atoms with E-state index in [0.29, 0.717) is 19.5 Å². The van der Waals surface area contributed by atoms with Crippen molar-refractivity contribution in [1.29, 1.82) is 0 Å². The van der Waals surface area contributed by atoms with Gasteiger partial charge < -0.3 is 16.0 Å². The summed E-state index contributed by atoms with van der Waals surface area (Å²) in [5.74, 6) is -0.292. The number of carbonyl (C=O) groups excluding carboxylic acids is 2. The number of likely N-dealkylation sites (tertiary alicyclic amines) is 1. The maximum Gasteiger partial charge on any atom is 0.240 e. The van der Waals surface area contributed by atoms with Crippen LogP contribution >= 0.6 is 0 Å². The molecule has 16 heavy (non-hydrogen) atoms. The van der Waals surface area contributed by atoms with Gasteiger partial charge in [0.05, 0.1) is 5.41 Å². The largest absolute Gasteiger partial charge is 0.368 e. The molecule has 5 nitrogen and oxygen atoms in total. The first kappa shape index (κ1) is 11.4. The summed E-state index contributed by atoms with van der Waals surface area (Å²) < 4.78 is 0. The number of rotatable bonds is 2. The third-order valence-electron chi connectivity index (χ3n) is 3.73. The van der Waals surface area contributed by atoms with Crippen LogP contribution in [0.2, 0.25) is 0 Å². The van der Waals surface area contributed by atoms with Crippen molar-refractivity contribution in [1.82, 2.24) is 10.2 Å². The van der Waals surface area contributed by atoms with E-state index in [1.807, 2.05) is 6.92 Å². The number of nitrogens with two attached hydrogens (primary N) is 1. The van der Waals surface area contributed by atoms with Gasteiger partial charge in [0.15, 0.2) is 0 Å². The fourth-order valence-electron chi connectivity index (χ4n) is 2.65. The molecule has 0 aliphatic carbocycles. The zero-order valence-corrected chi connectivity index (χ0v) is 9.66. The summed E-state index contributed by atoms with van der Waals surface area (Å²) in [4.78, 5) is 25.3. The number of amides is 2. The van der Waals surface area contributed by atoms with Crippen LogP contribution in [0, 0.1) is 5.41 Å². The molecule has 2 amide bonds. The van der Waals surface area contributed by atoms with Crippen molar-refractivity contribution < 1.29 is 9.59 Å². The first-order valence-electron chi connectivity index (χ1n) is 5.86. The van der Waals surface area contributed by atoms with Gasteiger partial charge in [-0.25, -0.2) is 0 Å². The smallest absolute Gasteiger partial charge is 0.240 e. The highest BCUT2D eigenvalue weighted by atomic mass is 16.2. The normalized spacial score (nSPS) is 34.3. The standard InChI is InChI=1S/C11H19N3O2/c1-11(4-5-13-7-11)10(16)14-6-2-3-8(14)9(12)15/h8,13H,2-7H2,1H3,(H2,12,15). The van der Waals surface area contributed by atoms with Gasteiger partial charge in [-0.05, 0) is 32.7 Å². The molecular weight excluding hydrogens is 206 g/mol. The molecule has 2 atom stereocenters. The zero-order valence-electron chi connectivity index (χ0n) is 9.66. The van der Waals surface area contributed by atoms with Crippen molar-refractivity contribution in [3.63, 3.8) is 0 Å². The lowest BCUT2D eigenvalue weighted by molar-refractivity contribution is -0.144. The van der Waals surface area contributed by atoms with Gasteiger partial charge in [-0.1, -0.05) is 0 Å². The quantitative estimate of drug-likeness (QED) is 0.663. The topological polar surface area (TPSA) is 75.4 Å². The van der Waals surface area contributed by atoms with E-state index in [2.05, 4.69) is 5.32 Å². The third kappa shape index (κ3) is 1.80. The number of carbonyl (C=O) groups is 2. The second kappa shape index (κ2) is 4.05. The molecule has 2 heterocycles. The highest BCUT2D eigenvalue weighted by molar-refractivity contribution is 5.90. The van der Waals surface area contributed by atoms with E-state index < -0.39 is 0 Å². The van der Waals surface area contributed by atoms with Crippen LogP contribution in [0.25, 0.3) is 0 Å². The van der Waals surface area contributed by atoms with Crippen LogP contribution in [0.5, 0.6) is 0 Å². The van der Waals surface area contributed by atoms with Crippen LogP contribution < -0.4 is 11.1 Å². The minimum Gasteiger partial charge on any atom is -0.368 e. The highest BCUT2D eigenvalue weighted by Gasteiger charge is 2.43. The van der Waals surface area contributed by atoms with Crippen molar-refractivity contribution in [3.8, 4) is 0 Å². The molecule has 2 fully saturated rings. The van der Waals surface area contributed by atoms with Crippen molar-refractivity contribution in [3.05, 3.63) is 0 Å². The molecule has 2 rings (SSSR count). The van der Waals surface area contributed by atoms with Crippen LogP contribution in [0.15, 0.2) is 0 Å². The number of hydrogen-bond acceptors (Lipinski definition) is 3. The Morgan fingerprint density at radius 1 is 1.50 bits per heavy atom. The second-order valence-electron chi connectivity index (χ2n) is 5.05. The lowest BCUT2D eigenvalue weighted by Crippen LogP contribution is -2.50. The van der Waals surface area contributed by atoms with E-state index >= 15 is 0 Å². The van der Waals surface area contributed by atoms with Crippen LogP contribution in [-0.2, 0) is 9.59 Å². The van der Waals surface area contributed by atoms with Gasteiger partial charge in [-0.2, -0.15) is 0 Å². The van der Waals surface area contributed by atoms with E-state index in [1.165, 1.54) is 0 Å². The molecular formula is C11H19N3O2. The fraction of sp³-hybridized carbons (Fsp3) is 0.818. The molecule has 0 radical (unpaired) electrons. The van der Waals surface area contributed by atoms with Crippen molar-refractivity contribution in [2.24, 2.45) is 11.1 Å². The molecule has 2 aliphatic rings. The van der Waals surface area contributed by atoms with E-state index in [-0.39, 0.29) is 23.3 Å². The molecule has 0 aromatic heterocycles. The SMILES string of the molecule is CC1(C(=O)N2CCCC2C(N)=O)CCNC1. The predicted molar refractivity (Wildman–Crippen MR) is 59.5 cm³/mol. The molecule has 0 bridgehead atoms. The van der Waals surface area contributed by atoms with Gasteiger partial charge in [0.2, 0.25) is 11.8 Å². The Balaban J connectivity index is 2.12. The average molecular weight is 225 g/mol. The number of nitrogens with zero attached hydrogens (tertiary/aromatic N) is 1. The van der Waals surface area contributed by atoms with Crippen molar-refractivity contribution in [2.45, 2.75) is 32.2 Å². The van der Waals surface area contributed by atoms with E-state index in [4.69, 9.17) is 5.73 Å². The number of primary amides is 1. The minimum absolute atomic E-state index is 0.0822. The summed E-state index contributed by atoms with van der Waals surface area (Å²) >= 11 is 0. The zero-order chi connectivity index (χ0) is 11.8. The molecule has 2 aliphatic heterocycles. The van der Waals surface area contributed by atoms with Crippen LogP contribution in [0.1, 0.15) is 26.2 Å². The lowest BCUT2D eigenvalue weighted by atomic mass is 9.88. The van der Waals surface area contributed by atoms with Gasteiger partial charge >= 0.3 is 0 Å². The van der Waals surface area contributed by atoms with E-state index in [1.54, 1.807) is 4.90 Å². The Morgan fingerprint density at radius 3 is 2.81 bits per heavy atom. The Morgan fingerprint density at radius 2 is 2.25 bits per heavy atom. The summed E-state index contributed by atoms with van der Waals surface area (Å²) in [7, 11) is 0. The first-order valence-corrected chi connectivity index (χ1v) is 5.86. The van der Waals surface area contributed by atoms with E-state index in [0.717, 1.165) is 19.4 Å². The Hall–Kier alpha value is -1.10. The number of nitrogens with one attached hydrogen (secondary N) is 1. The summed E-state index contributed by atoms with van der Waals surface area (Å²) in [5, 5.41) is 3.20. The molecule has 2 unspecified atom stereocenters. The Kier molecular flexibility index (Phi) is 2.88. The molecule has 2 saturated heterocycles. The third-order valence-corrected chi connectivity index (χ3v) is 3.73. The molecule has 0 spiro atoms. The monoisotopic (exact) mass is 225 g/mol. The molecule has 0 saturated carbocycles.